The quantitative estimate of drug-likeness (QED) is 0.466. The molecule has 31 heavy (non-hydrogen) atoms. The van der Waals surface area contributed by atoms with Crippen LogP contribution in [0.1, 0.15) is 16.7 Å². The van der Waals surface area contributed by atoms with E-state index in [0.717, 1.165) is 13.1 Å². The Balaban J connectivity index is 1.55. The zero-order valence-electron chi connectivity index (χ0n) is 17.9. The molecular formula is C28H29N2S. The molecule has 2 nitrogen and oxygen atoms in total. The lowest BCUT2D eigenvalue weighted by Gasteiger charge is -2.37. The Morgan fingerprint density at radius 3 is 1.90 bits per heavy atom. The lowest BCUT2D eigenvalue weighted by molar-refractivity contribution is 0.195. The molecule has 1 fully saturated rings. The van der Waals surface area contributed by atoms with Gasteiger partial charge >= 0.3 is 0 Å². The van der Waals surface area contributed by atoms with E-state index >= 15 is 0 Å². The van der Waals surface area contributed by atoms with E-state index in [9.17, 15) is 0 Å². The topological polar surface area (TPSA) is 29.3 Å². The predicted molar refractivity (Wildman–Crippen MR) is 131 cm³/mol. The summed E-state index contributed by atoms with van der Waals surface area (Å²) in [6.45, 7) is 4.41. The van der Waals surface area contributed by atoms with Gasteiger partial charge in [0.1, 0.15) is 0 Å². The molecule has 0 bridgehead atoms. The molecule has 0 amide bonds. The van der Waals surface area contributed by atoms with Crippen molar-refractivity contribution in [3.8, 4) is 0 Å². The van der Waals surface area contributed by atoms with Crippen LogP contribution in [0.4, 0.5) is 0 Å². The SMILES string of the molecule is Cc1ccc(S[C]2[CH][CH][CH][C]2[C@@H](CN)N(Cc2ccccc2)Cc2ccccc2)cc1. The van der Waals surface area contributed by atoms with Crippen molar-refractivity contribution in [3.63, 3.8) is 0 Å². The molecule has 157 valence electrons. The Labute approximate surface area is 191 Å². The molecule has 0 aliphatic heterocycles. The Morgan fingerprint density at radius 2 is 1.35 bits per heavy atom. The van der Waals surface area contributed by atoms with Gasteiger partial charge < -0.3 is 5.73 Å². The van der Waals surface area contributed by atoms with Gasteiger partial charge in [0.05, 0.1) is 0 Å². The zero-order valence-corrected chi connectivity index (χ0v) is 18.8. The van der Waals surface area contributed by atoms with Crippen LogP contribution in [-0.4, -0.2) is 17.5 Å². The number of thioether (sulfide) groups is 1. The molecule has 1 atom stereocenters. The van der Waals surface area contributed by atoms with Gasteiger partial charge in [-0.05, 0) is 49.4 Å². The Hall–Kier alpha value is -2.07. The number of hydrogen-bond acceptors (Lipinski definition) is 3. The van der Waals surface area contributed by atoms with Crippen molar-refractivity contribution in [1.29, 1.82) is 0 Å². The van der Waals surface area contributed by atoms with Gasteiger partial charge in [-0.25, -0.2) is 0 Å². The highest BCUT2D eigenvalue weighted by Crippen LogP contribution is 2.47. The van der Waals surface area contributed by atoms with Crippen LogP contribution < -0.4 is 5.73 Å². The van der Waals surface area contributed by atoms with Crippen LogP contribution >= 0.6 is 11.8 Å². The smallest absolute Gasteiger partial charge is 0.0481 e. The van der Waals surface area contributed by atoms with E-state index in [4.69, 9.17) is 5.73 Å². The molecule has 0 aromatic heterocycles. The van der Waals surface area contributed by atoms with Crippen LogP contribution in [0.3, 0.4) is 0 Å². The first-order valence-electron chi connectivity index (χ1n) is 10.7. The third-order valence-electron chi connectivity index (χ3n) is 5.54. The van der Waals surface area contributed by atoms with Crippen LogP contribution in [-0.2, 0) is 13.1 Å². The molecule has 1 saturated carbocycles. The van der Waals surface area contributed by atoms with Gasteiger partial charge in [0.15, 0.2) is 0 Å². The first-order chi connectivity index (χ1) is 15.2. The van der Waals surface area contributed by atoms with Gasteiger partial charge in [-0.1, -0.05) is 78.4 Å². The molecule has 0 unspecified atom stereocenters. The average Bonchev–Trinajstić information content (AvgIpc) is 3.25. The van der Waals surface area contributed by atoms with Gasteiger partial charge in [-0.3, -0.25) is 4.90 Å². The summed E-state index contributed by atoms with van der Waals surface area (Å²) in [5, 5.41) is 1.28. The summed E-state index contributed by atoms with van der Waals surface area (Å²) in [6, 6.07) is 30.2. The third-order valence-corrected chi connectivity index (χ3v) is 6.64. The summed E-state index contributed by atoms with van der Waals surface area (Å²) in [6.07, 6.45) is 6.60. The van der Waals surface area contributed by atoms with E-state index in [1.807, 2.05) is 11.8 Å². The second-order valence-corrected chi connectivity index (χ2v) is 9.00. The number of hydrogen-bond donors (Lipinski definition) is 1. The van der Waals surface area contributed by atoms with E-state index in [2.05, 4.69) is 116 Å². The summed E-state index contributed by atoms with van der Waals surface area (Å²) in [7, 11) is 0. The first-order valence-corrected chi connectivity index (χ1v) is 11.6. The van der Waals surface area contributed by atoms with E-state index in [1.165, 1.54) is 32.8 Å². The molecule has 4 rings (SSSR count). The summed E-state index contributed by atoms with van der Waals surface area (Å²) in [5.41, 5.74) is 10.3. The van der Waals surface area contributed by atoms with Crippen LogP contribution in [0.15, 0.2) is 89.8 Å². The average molecular weight is 426 g/mol. The molecule has 1 aliphatic rings. The maximum atomic E-state index is 6.40. The minimum absolute atomic E-state index is 0.142. The molecule has 5 radical (unpaired) electrons. The molecular weight excluding hydrogens is 396 g/mol. The van der Waals surface area contributed by atoms with Crippen molar-refractivity contribution in [2.45, 2.75) is 31.0 Å². The van der Waals surface area contributed by atoms with E-state index in [0.29, 0.717) is 6.54 Å². The normalized spacial score (nSPS) is 16.1. The van der Waals surface area contributed by atoms with Crippen molar-refractivity contribution < 1.29 is 0 Å². The maximum absolute atomic E-state index is 6.40. The number of rotatable bonds is 9. The molecule has 3 heteroatoms. The molecule has 3 aromatic carbocycles. The van der Waals surface area contributed by atoms with Crippen LogP contribution in [0, 0.1) is 37.4 Å². The van der Waals surface area contributed by atoms with Crippen molar-refractivity contribution in [2.75, 3.05) is 6.54 Å². The fraction of sp³-hybridized carbons (Fsp3) is 0.179. The summed E-state index contributed by atoms with van der Waals surface area (Å²) in [5.74, 6) is 1.31. The largest absolute Gasteiger partial charge is 0.329 e. The molecule has 3 aromatic rings. The Bertz CT molecular complexity index is 869. The van der Waals surface area contributed by atoms with E-state index < -0.39 is 0 Å². The highest BCUT2D eigenvalue weighted by molar-refractivity contribution is 8.02. The highest BCUT2D eigenvalue weighted by Gasteiger charge is 2.38. The van der Waals surface area contributed by atoms with Gasteiger partial charge in [0.25, 0.3) is 0 Å². The predicted octanol–water partition coefficient (Wildman–Crippen LogP) is 5.85. The van der Waals surface area contributed by atoms with E-state index in [1.54, 1.807) is 0 Å². The monoisotopic (exact) mass is 425 g/mol. The summed E-state index contributed by atoms with van der Waals surface area (Å²) < 4.78 is 0. The highest BCUT2D eigenvalue weighted by atomic mass is 32.2. The fourth-order valence-corrected chi connectivity index (χ4v) is 4.90. The maximum Gasteiger partial charge on any atom is 0.0481 e. The van der Waals surface area contributed by atoms with Crippen molar-refractivity contribution >= 4 is 11.8 Å². The minimum Gasteiger partial charge on any atom is -0.329 e. The second-order valence-electron chi connectivity index (χ2n) is 7.89. The lowest BCUT2D eigenvalue weighted by atomic mass is 9.95. The van der Waals surface area contributed by atoms with Gasteiger partial charge in [-0.2, -0.15) is 0 Å². The summed E-state index contributed by atoms with van der Waals surface area (Å²) >= 11 is 1.82. The number of aryl methyl sites for hydroxylation is 1. The molecule has 2 N–H and O–H groups in total. The van der Waals surface area contributed by atoms with Gasteiger partial charge in [0.2, 0.25) is 0 Å². The minimum atomic E-state index is 0.142. The molecule has 0 saturated heterocycles. The van der Waals surface area contributed by atoms with Crippen molar-refractivity contribution in [2.24, 2.45) is 5.73 Å². The van der Waals surface area contributed by atoms with Gasteiger partial charge in [0, 0.05) is 41.7 Å². The number of benzene rings is 3. The molecule has 0 heterocycles. The molecule has 0 spiro atoms. The van der Waals surface area contributed by atoms with Crippen molar-refractivity contribution in [3.05, 3.63) is 132 Å². The fourth-order valence-electron chi connectivity index (χ4n) is 3.90. The zero-order chi connectivity index (χ0) is 21.5. The van der Waals surface area contributed by atoms with Crippen LogP contribution in [0.25, 0.3) is 0 Å². The van der Waals surface area contributed by atoms with E-state index in [-0.39, 0.29) is 6.04 Å². The van der Waals surface area contributed by atoms with Gasteiger partial charge in [-0.15, -0.1) is 11.8 Å². The Morgan fingerprint density at radius 1 is 0.774 bits per heavy atom. The lowest BCUT2D eigenvalue weighted by Crippen LogP contribution is -2.44. The number of nitrogens with two attached hydrogens (primary N) is 1. The van der Waals surface area contributed by atoms with Crippen LogP contribution in [0.5, 0.6) is 0 Å². The van der Waals surface area contributed by atoms with Crippen molar-refractivity contribution in [1.82, 2.24) is 4.90 Å². The second kappa shape index (κ2) is 11.0. The standard InChI is InChI=1S/C28H29N2S/c1-22-15-17-25(18-16-22)31-28-14-8-13-26(28)27(19-29)30(20-23-9-4-2-5-10-23)21-24-11-6-3-7-12-24/h2-18,27H,19-21,29H2,1H3/t27-/m1/s1. The Kier molecular flexibility index (Phi) is 7.85. The molecule has 1 aliphatic carbocycles. The van der Waals surface area contributed by atoms with Crippen LogP contribution in [0.2, 0.25) is 0 Å². The first kappa shape index (κ1) is 22.1. The number of nitrogens with zero attached hydrogens (tertiary/aromatic N) is 1. The third kappa shape index (κ3) is 6.00. The summed E-state index contributed by atoms with van der Waals surface area (Å²) in [4.78, 5) is 3.76.